The third kappa shape index (κ3) is 1.73. The summed E-state index contributed by atoms with van der Waals surface area (Å²) in [5.41, 5.74) is 0.144. The average molecular weight is 344 g/mol. The highest BCUT2D eigenvalue weighted by atomic mass is 16.5. The minimum Gasteiger partial charge on any atom is -0.469 e. The first-order valence-corrected chi connectivity index (χ1v) is 9.98. The van der Waals surface area contributed by atoms with Crippen LogP contribution in [0.4, 0.5) is 0 Å². The summed E-state index contributed by atoms with van der Waals surface area (Å²) >= 11 is 0. The van der Waals surface area contributed by atoms with E-state index in [0.29, 0.717) is 17.6 Å². The maximum absolute atomic E-state index is 13.2. The molecule has 2 bridgehead atoms. The van der Waals surface area contributed by atoms with Crippen LogP contribution in [0, 0.1) is 33.5 Å². The highest BCUT2D eigenvalue weighted by Gasteiger charge is 2.72. The van der Waals surface area contributed by atoms with Crippen molar-refractivity contribution < 1.29 is 14.3 Å². The average Bonchev–Trinajstić information content (AvgIpc) is 2.78. The summed E-state index contributed by atoms with van der Waals surface area (Å²) in [6.45, 7) is 11.0. The van der Waals surface area contributed by atoms with Crippen LogP contribution < -0.4 is 0 Å². The van der Waals surface area contributed by atoms with Crippen molar-refractivity contribution in [1.29, 1.82) is 0 Å². The zero-order chi connectivity index (χ0) is 18.3. The zero-order valence-electron chi connectivity index (χ0n) is 16.2. The molecule has 0 amide bonds. The van der Waals surface area contributed by atoms with Crippen LogP contribution in [0.5, 0.6) is 0 Å². The minimum atomic E-state index is -0.453. The van der Waals surface area contributed by atoms with Crippen molar-refractivity contribution in [1.82, 2.24) is 0 Å². The molecule has 4 rings (SSSR count). The van der Waals surface area contributed by atoms with Crippen molar-refractivity contribution in [2.75, 3.05) is 7.11 Å². The molecule has 0 N–H and O–H groups in total. The second-order valence-electron chi connectivity index (χ2n) is 9.97. The van der Waals surface area contributed by atoms with Gasteiger partial charge in [0.1, 0.15) is 0 Å². The number of carbonyl (C=O) groups excluding carboxylic acids is 2. The van der Waals surface area contributed by atoms with Gasteiger partial charge in [-0.2, -0.15) is 0 Å². The summed E-state index contributed by atoms with van der Waals surface area (Å²) < 4.78 is 5.27. The van der Waals surface area contributed by atoms with E-state index >= 15 is 0 Å². The van der Waals surface area contributed by atoms with Gasteiger partial charge in [0.05, 0.1) is 12.5 Å². The normalized spacial score (nSPS) is 51.7. The molecule has 3 nitrogen and oxygen atoms in total. The summed E-state index contributed by atoms with van der Waals surface area (Å²) in [6.07, 6.45) is 8.14. The maximum Gasteiger partial charge on any atom is 0.312 e. The molecule has 138 valence electrons. The molecular weight excluding hydrogens is 312 g/mol. The lowest BCUT2D eigenvalue weighted by molar-refractivity contribution is -0.218. The maximum atomic E-state index is 13.2. The predicted molar refractivity (Wildman–Crippen MR) is 96.8 cm³/mol. The molecule has 0 heterocycles. The molecule has 1 spiro atoms. The SMILES string of the molecule is C=C1C(=O)[C@@]23CC[C@]4(C)[C@](C)(C(=O)OC)CCC[C@@]4(C)[C@@H]2CC[C@@H]1C3. The smallest absolute Gasteiger partial charge is 0.312 e. The highest BCUT2D eigenvalue weighted by molar-refractivity contribution is 6.03. The Hall–Kier alpha value is -1.12. The molecule has 4 saturated carbocycles. The number of methoxy groups -OCH3 is 1. The molecule has 0 aromatic rings. The number of Topliss-reactive ketones (excluding diaryl/α,β-unsaturated/α-hetero) is 1. The Labute approximate surface area is 151 Å². The van der Waals surface area contributed by atoms with Gasteiger partial charge in [-0.15, -0.1) is 0 Å². The fourth-order valence-electron chi connectivity index (χ4n) is 7.84. The number of ether oxygens (including phenoxy) is 1. The van der Waals surface area contributed by atoms with Crippen molar-refractivity contribution in [3.63, 3.8) is 0 Å². The molecule has 0 aromatic heterocycles. The van der Waals surface area contributed by atoms with Crippen LogP contribution in [0.2, 0.25) is 0 Å². The van der Waals surface area contributed by atoms with Gasteiger partial charge in [0.15, 0.2) is 5.78 Å². The van der Waals surface area contributed by atoms with E-state index in [0.717, 1.165) is 56.9 Å². The van der Waals surface area contributed by atoms with Crippen molar-refractivity contribution in [3.05, 3.63) is 12.2 Å². The van der Waals surface area contributed by atoms with E-state index in [1.165, 1.54) is 7.11 Å². The zero-order valence-corrected chi connectivity index (χ0v) is 16.2. The molecule has 0 aromatic carbocycles. The molecule has 6 atom stereocenters. The van der Waals surface area contributed by atoms with Crippen molar-refractivity contribution in [2.24, 2.45) is 33.5 Å². The van der Waals surface area contributed by atoms with Gasteiger partial charge in [-0.3, -0.25) is 9.59 Å². The van der Waals surface area contributed by atoms with Gasteiger partial charge >= 0.3 is 5.97 Å². The van der Waals surface area contributed by atoms with Gasteiger partial charge < -0.3 is 4.74 Å². The van der Waals surface area contributed by atoms with Crippen LogP contribution >= 0.6 is 0 Å². The molecule has 25 heavy (non-hydrogen) atoms. The van der Waals surface area contributed by atoms with E-state index < -0.39 is 5.41 Å². The lowest BCUT2D eigenvalue weighted by Gasteiger charge is -2.68. The van der Waals surface area contributed by atoms with Gasteiger partial charge in [-0.25, -0.2) is 0 Å². The lowest BCUT2D eigenvalue weighted by Crippen LogP contribution is -2.65. The predicted octanol–water partition coefficient (Wildman–Crippen LogP) is 4.70. The summed E-state index contributed by atoms with van der Waals surface area (Å²) in [5, 5.41) is 0. The fraction of sp³-hybridized carbons (Fsp3) is 0.818. The topological polar surface area (TPSA) is 43.4 Å². The minimum absolute atomic E-state index is 0.0116. The van der Waals surface area contributed by atoms with Gasteiger partial charge in [0.2, 0.25) is 0 Å². The molecule has 0 saturated heterocycles. The van der Waals surface area contributed by atoms with Gasteiger partial charge in [0.25, 0.3) is 0 Å². The Balaban J connectivity index is 1.83. The van der Waals surface area contributed by atoms with Crippen LogP contribution in [0.15, 0.2) is 12.2 Å². The molecule has 0 radical (unpaired) electrons. The Morgan fingerprint density at radius 1 is 1.12 bits per heavy atom. The third-order valence-electron chi connectivity index (χ3n) is 9.65. The fourth-order valence-corrected chi connectivity index (χ4v) is 7.84. The standard InChI is InChI=1S/C22H32O3/c1-14-15-7-8-16-19(2)9-6-10-20(3,18(24)25-5)21(19,4)11-12-22(16,13-15)17(14)23/h15-16H,1,6-13H2,2-5H3/t15-,16+,19+,20+,21+,22-/m1/s1. The lowest BCUT2D eigenvalue weighted by atomic mass is 9.35. The van der Waals surface area contributed by atoms with E-state index in [1.54, 1.807) is 0 Å². The Kier molecular flexibility index (Phi) is 3.45. The summed E-state index contributed by atoms with van der Waals surface area (Å²) in [7, 11) is 1.52. The van der Waals surface area contributed by atoms with E-state index in [-0.39, 0.29) is 22.2 Å². The summed E-state index contributed by atoms with van der Waals surface area (Å²) in [4.78, 5) is 26.0. The number of hydrogen-bond donors (Lipinski definition) is 0. The number of esters is 1. The summed E-state index contributed by atoms with van der Waals surface area (Å²) in [5.74, 6) is 1.08. The largest absolute Gasteiger partial charge is 0.469 e. The number of fused-ring (bicyclic) bond motifs is 3. The van der Waals surface area contributed by atoms with E-state index in [1.807, 2.05) is 0 Å². The summed E-state index contributed by atoms with van der Waals surface area (Å²) in [6, 6.07) is 0. The Morgan fingerprint density at radius 3 is 2.52 bits per heavy atom. The molecule has 3 heteroatoms. The number of carbonyl (C=O) groups is 2. The molecule has 4 fully saturated rings. The van der Waals surface area contributed by atoms with E-state index in [4.69, 9.17) is 4.74 Å². The van der Waals surface area contributed by atoms with Crippen LogP contribution in [-0.2, 0) is 14.3 Å². The second kappa shape index (κ2) is 4.98. The first-order valence-electron chi connectivity index (χ1n) is 9.98. The first kappa shape index (κ1) is 17.3. The Morgan fingerprint density at radius 2 is 1.84 bits per heavy atom. The van der Waals surface area contributed by atoms with Gasteiger partial charge in [0, 0.05) is 5.41 Å². The first-order chi connectivity index (χ1) is 11.7. The second-order valence-corrected chi connectivity index (χ2v) is 9.97. The van der Waals surface area contributed by atoms with Crippen molar-refractivity contribution >= 4 is 11.8 Å². The Bertz CT molecular complexity index is 666. The van der Waals surface area contributed by atoms with Crippen molar-refractivity contribution in [2.45, 2.75) is 72.1 Å². The van der Waals surface area contributed by atoms with E-state index in [2.05, 4.69) is 27.4 Å². The molecule has 4 aliphatic rings. The van der Waals surface area contributed by atoms with Gasteiger partial charge in [-0.05, 0) is 80.1 Å². The van der Waals surface area contributed by atoms with Crippen molar-refractivity contribution in [3.8, 4) is 0 Å². The number of hydrogen-bond acceptors (Lipinski definition) is 3. The monoisotopic (exact) mass is 344 g/mol. The van der Waals surface area contributed by atoms with Crippen LogP contribution in [0.25, 0.3) is 0 Å². The third-order valence-corrected chi connectivity index (χ3v) is 9.65. The molecule has 0 unspecified atom stereocenters. The molecule has 0 aliphatic heterocycles. The number of rotatable bonds is 1. The molecule has 4 aliphatic carbocycles. The van der Waals surface area contributed by atoms with Crippen LogP contribution in [0.3, 0.4) is 0 Å². The quantitative estimate of drug-likeness (QED) is 0.511. The van der Waals surface area contributed by atoms with Gasteiger partial charge in [-0.1, -0.05) is 26.8 Å². The molecular formula is C22H32O3. The number of ketones is 1. The van der Waals surface area contributed by atoms with E-state index in [9.17, 15) is 9.59 Å². The van der Waals surface area contributed by atoms with Crippen LogP contribution in [-0.4, -0.2) is 18.9 Å². The number of allylic oxidation sites excluding steroid dienone is 1. The van der Waals surface area contributed by atoms with Crippen LogP contribution in [0.1, 0.15) is 72.1 Å². The highest BCUT2D eigenvalue weighted by Crippen LogP contribution is 2.75.